The van der Waals surface area contributed by atoms with Crippen LogP contribution in [0.3, 0.4) is 0 Å². The van der Waals surface area contributed by atoms with Crippen LogP contribution in [-0.2, 0) is 16.1 Å². The Kier molecular flexibility index (Phi) is 3.82. The van der Waals surface area contributed by atoms with Crippen molar-refractivity contribution in [3.63, 3.8) is 0 Å². The van der Waals surface area contributed by atoms with Crippen molar-refractivity contribution in [2.75, 3.05) is 0 Å². The molecule has 0 radical (unpaired) electrons. The maximum absolute atomic E-state index is 11.8. The zero-order valence-corrected chi connectivity index (χ0v) is 11.4. The van der Waals surface area contributed by atoms with Crippen LogP contribution in [-0.4, -0.2) is 5.97 Å². The zero-order valence-electron chi connectivity index (χ0n) is 11.4. The molecule has 1 saturated carbocycles. The second-order valence-electron chi connectivity index (χ2n) is 5.36. The maximum atomic E-state index is 11.8. The fraction of sp³-hybridized carbons (Fsp3) is 0.278. The van der Waals surface area contributed by atoms with Crippen LogP contribution in [0.4, 0.5) is 0 Å². The van der Waals surface area contributed by atoms with Gasteiger partial charge >= 0.3 is 5.97 Å². The third kappa shape index (κ3) is 3.27. The number of rotatable bonds is 5. The van der Waals surface area contributed by atoms with Crippen LogP contribution in [0, 0.1) is 5.92 Å². The molecule has 2 atom stereocenters. The largest absolute Gasteiger partial charge is 0.461 e. The van der Waals surface area contributed by atoms with Crippen LogP contribution in [0.15, 0.2) is 60.7 Å². The average Bonchev–Trinajstić information content (AvgIpc) is 3.26. The van der Waals surface area contributed by atoms with Gasteiger partial charge in [-0.15, -0.1) is 0 Å². The van der Waals surface area contributed by atoms with Crippen LogP contribution in [0.1, 0.15) is 29.9 Å². The molecule has 2 aromatic carbocycles. The molecule has 0 unspecified atom stereocenters. The van der Waals surface area contributed by atoms with Crippen molar-refractivity contribution in [3.8, 4) is 0 Å². The number of hydrogen-bond acceptors (Lipinski definition) is 2. The summed E-state index contributed by atoms with van der Waals surface area (Å²) in [5.74, 6) is 0.915. The standard InChI is InChI=1S/C18H18O2/c19-18(20-13-14-7-3-1-4-8-14)12-16-11-17(16)15-9-5-2-6-10-15/h1-10,16-17H,11-13H2/t16-,17+/m0/s1. The highest BCUT2D eigenvalue weighted by atomic mass is 16.5. The SMILES string of the molecule is O=C(C[C@@H]1C[C@@H]1c1ccccc1)OCc1ccccc1. The van der Waals surface area contributed by atoms with Crippen LogP contribution in [0.25, 0.3) is 0 Å². The van der Waals surface area contributed by atoms with Crippen molar-refractivity contribution >= 4 is 5.97 Å². The van der Waals surface area contributed by atoms with E-state index in [1.807, 2.05) is 36.4 Å². The highest BCUT2D eigenvalue weighted by Gasteiger charge is 2.39. The Labute approximate surface area is 119 Å². The first-order chi connectivity index (χ1) is 9.83. The summed E-state index contributed by atoms with van der Waals surface area (Å²) in [5, 5.41) is 0. The van der Waals surface area contributed by atoms with E-state index in [0.29, 0.717) is 24.9 Å². The normalized spacial score (nSPS) is 20.4. The molecule has 0 heterocycles. The lowest BCUT2D eigenvalue weighted by Gasteiger charge is -2.04. The molecule has 1 aliphatic rings. The number of carbonyl (C=O) groups excluding carboxylic acids is 1. The monoisotopic (exact) mass is 266 g/mol. The van der Waals surface area contributed by atoms with Gasteiger partial charge in [-0.2, -0.15) is 0 Å². The van der Waals surface area contributed by atoms with E-state index in [2.05, 4.69) is 24.3 Å². The average molecular weight is 266 g/mol. The molecule has 0 spiro atoms. The van der Waals surface area contributed by atoms with E-state index in [-0.39, 0.29) is 5.97 Å². The molecule has 0 aromatic heterocycles. The molecule has 1 aliphatic carbocycles. The van der Waals surface area contributed by atoms with Gasteiger partial charge in [-0.25, -0.2) is 0 Å². The number of benzene rings is 2. The molecular weight excluding hydrogens is 248 g/mol. The minimum absolute atomic E-state index is 0.0858. The minimum Gasteiger partial charge on any atom is -0.461 e. The predicted molar refractivity (Wildman–Crippen MR) is 78.1 cm³/mol. The Morgan fingerprint density at radius 2 is 1.65 bits per heavy atom. The van der Waals surface area contributed by atoms with Crippen LogP contribution >= 0.6 is 0 Å². The Bertz CT molecular complexity index is 562. The number of esters is 1. The summed E-state index contributed by atoms with van der Waals surface area (Å²) in [6.07, 6.45) is 1.64. The molecule has 20 heavy (non-hydrogen) atoms. The lowest BCUT2D eigenvalue weighted by Crippen LogP contribution is -2.05. The molecule has 0 saturated heterocycles. The van der Waals surface area contributed by atoms with Crippen molar-refractivity contribution in [2.45, 2.75) is 25.4 Å². The smallest absolute Gasteiger partial charge is 0.306 e. The Morgan fingerprint density at radius 1 is 1.00 bits per heavy atom. The summed E-state index contributed by atoms with van der Waals surface area (Å²) >= 11 is 0. The molecule has 2 aromatic rings. The first-order valence-electron chi connectivity index (χ1n) is 7.07. The van der Waals surface area contributed by atoms with E-state index in [9.17, 15) is 4.79 Å². The highest BCUT2D eigenvalue weighted by Crippen LogP contribution is 2.49. The van der Waals surface area contributed by atoms with Gasteiger partial charge in [0.25, 0.3) is 0 Å². The minimum atomic E-state index is -0.0858. The van der Waals surface area contributed by atoms with Crippen molar-refractivity contribution in [2.24, 2.45) is 5.92 Å². The highest BCUT2D eigenvalue weighted by molar-refractivity contribution is 5.70. The van der Waals surface area contributed by atoms with Crippen LogP contribution in [0.5, 0.6) is 0 Å². The van der Waals surface area contributed by atoms with Gasteiger partial charge < -0.3 is 4.74 Å². The third-order valence-electron chi connectivity index (χ3n) is 3.82. The molecule has 3 rings (SSSR count). The first-order valence-corrected chi connectivity index (χ1v) is 7.07. The summed E-state index contributed by atoms with van der Waals surface area (Å²) in [6.45, 7) is 0.377. The zero-order chi connectivity index (χ0) is 13.8. The Hall–Kier alpha value is -2.09. The van der Waals surface area contributed by atoms with E-state index in [0.717, 1.165) is 12.0 Å². The van der Waals surface area contributed by atoms with Crippen LogP contribution < -0.4 is 0 Å². The molecule has 0 bridgehead atoms. The summed E-state index contributed by atoms with van der Waals surface area (Å²) in [4.78, 5) is 11.8. The van der Waals surface area contributed by atoms with Gasteiger partial charge in [0.2, 0.25) is 0 Å². The Balaban J connectivity index is 1.45. The van der Waals surface area contributed by atoms with Crippen molar-refractivity contribution in [1.29, 1.82) is 0 Å². The summed E-state index contributed by atoms with van der Waals surface area (Å²) in [7, 11) is 0. The molecule has 0 amide bonds. The van der Waals surface area contributed by atoms with E-state index < -0.39 is 0 Å². The second-order valence-corrected chi connectivity index (χ2v) is 5.36. The van der Waals surface area contributed by atoms with Gasteiger partial charge in [-0.05, 0) is 29.4 Å². The summed E-state index contributed by atoms with van der Waals surface area (Å²) < 4.78 is 5.32. The molecule has 102 valence electrons. The van der Waals surface area contributed by atoms with Crippen molar-refractivity contribution < 1.29 is 9.53 Å². The van der Waals surface area contributed by atoms with Gasteiger partial charge in [0.05, 0.1) is 0 Å². The lowest BCUT2D eigenvalue weighted by molar-refractivity contribution is -0.145. The second kappa shape index (κ2) is 5.91. The maximum Gasteiger partial charge on any atom is 0.306 e. The molecule has 0 N–H and O–H groups in total. The predicted octanol–water partition coefficient (Wildman–Crippen LogP) is 3.92. The van der Waals surface area contributed by atoms with Gasteiger partial charge in [-0.3, -0.25) is 4.79 Å². The lowest BCUT2D eigenvalue weighted by atomic mass is 10.1. The fourth-order valence-electron chi connectivity index (χ4n) is 2.59. The molecule has 1 fully saturated rings. The Morgan fingerprint density at radius 3 is 2.35 bits per heavy atom. The van der Waals surface area contributed by atoms with Gasteiger partial charge in [-0.1, -0.05) is 60.7 Å². The number of carbonyl (C=O) groups is 1. The molecule has 2 nitrogen and oxygen atoms in total. The van der Waals surface area contributed by atoms with Gasteiger partial charge in [0.15, 0.2) is 0 Å². The fourth-order valence-corrected chi connectivity index (χ4v) is 2.59. The molecule has 2 heteroatoms. The van der Waals surface area contributed by atoms with Crippen molar-refractivity contribution in [3.05, 3.63) is 71.8 Å². The molecule has 0 aliphatic heterocycles. The summed E-state index contributed by atoms with van der Waals surface area (Å²) in [5.41, 5.74) is 2.38. The number of hydrogen-bond donors (Lipinski definition) is 0. The summed E-state index contributed by atoms with van der Waals surface area (Å²) in [6, 6.07) is 20.2. The first kappa shape index (κ1) is 12.9. The topological polar surface area (TPSA) is 26.3 Å². The van der Waals surface area contributed by atoms with E-state index in [1.165, 1.54) is 5.56 Å². The third-order valence-corrected chi connectivity index (χ3v) is 3.82. The van der Waals surface area contributed by atoms with Crippen molar-refractivity contribution in [1.82, 2.24) is 0 Å². The van der Waals surface area contributed by atoms with E-state index in [4.69, 9.17) is 4.74 Å². The van der Waals surface area contributed by atoms with E-state index >= 15 is 0 Å². The van der Waals surface area contributed by atoms with Gasteiger partial charge in [0.1, 0.15) is 6.61 Å². The molecular formula is C18H18O2. The van der Waals surface area contributed by atoms with E-state index in [1.54, 1.807) is 0 Å². The number of ether oxygens (including phenoxy) is 1. The quantitative estimate of drug-likeness (QED) is 0.767. The van der Waals surface area contributed by atoms with Crippen LogP contribution in [0.2, 0.25) is 0 Å². The van der Waals surface area contributed by atoms with Gasteiger partial charge in [0, 0.05) is 6.42 Å².